The lowest BCUT2D eigenvalue weighted by atomic mass is 10.2. The van der Waals surface area contributed by atoms with Crippen LogP contribution in [0.4, 0.5) is 0 Å². The fourth-order valence-electron chi connectivity index (χ4n) is 2.21. The average Bonchev–Trinajstić information content (AvgIpc) is 2.55. The minimum Gasteiger partial charge on any atom is -0.460 e. The molecule has 3 rings (SSSR count). The standard InChI is InChI=1S/C17H15N2O2/c1-2-21-17(20)15-12-14-10-6-7-11-19(14)16(18-15)13-8-4-3-5-9-13/h3-12H,2H2,1H3/q+1. The molecule has 2 aromatic heterocycles. The number of benzene rings is 1. The Morgan fingerprint density at radius 1 is 1.14 bits per heavy atom. The molecule has 0 radical (unpaired) electrons. The van der Waals surface area contributed by atoms with E-state index in [2.05, 4.69) is 4.98 Å². The Labute approximate surface area is 122 Å². The van der Waals surface area contributed by atoms with Crippen LogP contribution in [0.3, 0.4) is 0 Å². The summed E-state index contributed by atoms with van der Waals surface area (Å²) in [6, 6.07) is 17.3. The van der Waals surface area contributed by atoms with Gasteiger partial charge in [-0.1, -0.05) is 24.3 Å². The van der Waals surface area contributed by atoms with Crippen LogP contribution in [-0.4, -0.2) is 17.6 Å². The predicted molar refractivity (Wildman–Crippen MR) is 78.8 cm³/mol. The number of aromatic nitrogens is 2. The van der Waals surface area contributed by atoms with Gasteiger partial charge in [-0.15, -0.1) is 0 Å². The summed E-state index contributed by atoms with van der Waals surface area (Å²) < 4.78 is 7.01. The van der Waals surface area contributed by atoms with Gasteiger partial charge in [0.2, 0.25) is 0 Å². The van der Waals surface area contributed by atoms with Gasteiger partial charge in [-0.05, 0) is 36.2 Å². The Balaban J connectivity index is 2.23. The third kappa shape index (κ3) is 2.60. The predicted octanol–water partition coefficient (Wildman–Crippen LogP) is 2.66. The van der Waals surface area contributed by atoms with Crippen LogP contribution in [0, 0.1) is 0 Å². The minimum atomic E-state index is -0.402. The zero-order chi connectivity index (χ0) is 14.7. The van der Waals surface area contributed by atoms with Crippen molar-refractivity contribution in [3.63, 3.8) is 0 Å². The first-order valence-electron chi connectivity index (χ1n) is 6.83. The lowest BCUT2D eigenvalue weighted by Crippen LogP contribution is -2.27. The molecule has 0 spiro atoms. The number of pyridine rings is 1. The van der Waals surface area contributed by atoms with Crippen LogP contribution in [0.1, 0.15) is 17.4 Å². The van der Waals surface area contributed by atoms with Crippen molar-refractivity contribution in [2.75, 3.05) is 6.61 Å². The van der Waals surface area contributed by atoms with E-state index in [4.69, 9.17) is 4.74 Å². The average molecular weight is 279 g/mol. The van der Waals surface area contributed by atoms with Crippen molar-refractivity contribution in [1.29, 1.82) is 0 Å². The fraction of sp³-hybridized carbons (Fsp3) is 0.118. The molecule has 0 aliphatic heterocycles. The molecule has 0 atom stereocenters. The van der Waals surface area contributed by atoms with E-state index in [0.29, 0.717) is 12.3 Å². The van der Waals surface area contributed by atoms with Crippen molar-refractivity contribution >= 4 is 11.5 Å². The molecule has 104 valence electrons. The van der Waals surface area contributed by atoms with E-state index in [1.807, 2.05) is 59.1 Å². The molecule has 21 heavy (non-hydrogen) atoms. The van der Waals surface area contributed by atoms with Gasteiger partial charge in [-0.25, -0.2) is 4.79 Å². The second kappa shape index (κ2) is 5.71. The number of ether oxygens (including phenoxy) is 1. The molecule has 0 aliphatic carbocycles. The highest BCUT2D eigenvalue weighted by Gasteiger charge is 2.22. The highest BCUT2D eigenvalue weighted by molar-refractivity contribution is 5.88. The molecule has 0 unspecified atom stereocenters. The number of esters is 1. The zero-order valence-corrected chi connectivity index (χ0v) is 11.7. The molecule has 2 heterocycles. The summed E-state index contributed by atoms with van der Waals surface area (Å²) >= 11 is 0. The Hall–Kier alpha value is -2.75. The van der Waals surface area contributed by atoms with Gasteiger partial charge in [0, 0.05) is 6.07 Å². The Bertz CT molecular complexity index is 785. The molecule has 4 nitrogen and oxygen atoms in total. The number of rotatable bonds is 3. The monoisotopic (exact) mass is 279 g/mol. The first kappa shape index (κ1) is 13.2. The summed E-state index contributed by atoms with van der Waals surface area (Å²) in [4.78, 5) is 16.5. The number of nitrogens with zero attached hydrogens (tertiary/aromatic N) is 2. The maximum Gasteiger partial charge on any atom is 0.383 e. The molecular formula is C17H15N2O2+. The molecule has 3 aromatic rings. The second-order valence-corrected chi connectivity index (χ2v) is 4.55. The lowest BCUT2D eigenvalue weighted by molar-refractivity contribution is -0.503. The van der Waals surface area contributed by atoms with Crippen LogP contribution in [0.2, 0.25) is 0 Å². The molecular weight excluding hydrogens is 264 g/mol. The highest BCUT2D eigenvalue weighted by atomic mass is 16.5. The maximum absolute atomic E-state index is 12.0. The fourth-order valence-corrected chi connectivity index (χ4v) is 2.21. The van der Waals surface area contributed by atoms with Crippen LogP contribution in [0.5, 0.6) is 0 Å². The summed E-state index contributed by atoms with van der Waals surface area (Å²) in [5, 5.41) is 0. The Morgan fingerprint density at radius 2 is 1.90 bits per heavy atom. The second-order valence-electron chi connectivity index (χ2n) is 4.55. The molecule has 0 saturated heterocycles. The third-order valence-corrected chi connectivity index (χ3v) is 3.15. The molecule has 0 aliphatic rings. The lowest BCUT2D eigenvalue weighted by Gasteiger charge is -2.02. The molecule has 0 saturated carbocycles. The Morgan fingerprint density at radius 3 is 2.67 bits per heavy atom. The third-order valence-electron chi connectivity index (χ3n) is 3.15. The van der Waals surface area contributed by atoms with Gasteiger partial charge < -0.3 is 4.74 Å². The molecule has 4 heteroatoms. The van der Waals surface area contributed by atoms with E-state index >= 15 is 0 Å². The van der Waals surface area contributed by atoms with Crippen molar-refractivity contribution in [2.45, 2.75) is 6.92 Å². The minimum absolute atomic E-state index is 0.321. The van der Waals surface area contributed by atoms with Crippen LogP contribution in [0.25, 0.3) is 16.9 Å². The van der Waals surface area contributed by atoms with Gasteiger partial charge >= 0.3 is 11.8 Å². The van der Waals surface area contributed by atoms with Crippen LogP contribution < -0.4 is 4.40 Å². The Kier molecular flexibility index (Phi) is 3.60. The van der Waals surface area contributed by atoms with Crippen molar-refractivity contribution in [3.8, 4) is 11.4 Å². The largest absolute Gasteiger partial charge is 0.460 e. The quantitative estimate of drug-likeness (QED) is 0.547. The van der Waals surface area contributed by atoms with Crippen molar-refractivity contribution in [1.82, 2.24) is 4.98 Å². The number of hydrogen-bond acceptors (Lipinski definition) is 3. The first-order chi connectivity index (χ1) is 10.3. The number of carbonyl (C=O) groups is 1. The normalized spacial score (nSPS) is 10.5. The maximum atomic E-state index is 12.0. The SMILES string of the molecule is CCOC(=O)c1cc2cccc[n+]2c(-c2ccccc2)n1. The van der Waals surface area contributed by atoms with Crippen molar-refractivity contribution in [2.24, 2.45) is 0 Å². The van der Waals surface area contributed by atoms with Crippen LogP contribution in [0.15, 0.2) is 60.8 Å². The van der Waals surface area contributed by atoms with Crippen LogP contribution >= 0.6 is 0 Å². The number of hydrogen-bond donors (Lipinski definition) is 0. The summed E-state index contributed by atoms with van der Waals surface area (Å²) in [6.07, 6.45) is 1.93. The van der Waals surface area contributed by atoms with E-state index in [9.17, 15) is 4.79 Å². The van der Waals surface area contributed by atoms with Gasteiger partial charge in [0.25, 0.3) is 5.69 Å². The van der Waals surface area contributed by atoms with Gasteiger partial charge in [-0.3, -0.25) is 0 Å². The first-order valence-corrected chi connectivity index (χ1v) is 6.83. The van der Waals surface area contributed by atoms with E-state index in [1.165, 1.54) is 0 Å². The van der Waals surface area contributed by atoms with Gasteiger partial charge in [0.15, 0.2) is 0 Å². The molecule has 0 fully saturated rings. The number of carbonyl (C=O) groups excluding carboxylic acids is 1. The zero-order valence-electron chi connectivity index (χ0n) is 11.7. The van der Waals surface area contributed by atoms with Crippen molar-refractivity contribution < 1.29 is 13.9 Å². The molecule has 0 N–H and O–H groups in total. The van der Waals surface area contributed by atoms with E-state index in [1.54, 1.807) is 13.0 Å². The summed E-state index contributed by atoms with van der Waals surface area (Å²) in [5.74, 6) is 0.317. The van der Waals surface area contributed by atoms with Gasteiger partial charge in [0.1, 0.15) is 5.52 Å². The summed E-state index contributed by atoms with van der Waals surface area (Å²) in [5.41, 5.74) is 2.17. The highest BCUT2D eigenvalue weighted by Crippen LogP contribution is 2.15. The van der Waals surface area contributed by atoms with E-state index in [0.717, 1.165) is 16.9 Å². The van der Waals surface area contributed by atoms with E-state index in [-0.39, 0.29) is 0 Å². The summed E-state index contributed by atoms with van der Waals surface area (Å²) in [6.45, 7) is 2.12. The number of fused-ring (bicyclic) bond motifs is 1. The molecule has 0 amide bonds. The molecule has 1 aromatic carbocycles. The molecule has 0 bridgehead atoms. The van der Waals surface area contributed by atoms with Gasteiger partial charge in [0.05, 0.1) is 18.4 Å². The van der Waals surface area contributed by atoms with Crippen LogP contribution in [-0.2, 0) is 4.74 Å². The van der Waals surface area contributed by atoms with E-state index < -0.39 is 5.97 Å². The smallest absolute Gasteiger partial charge is 0.383 e. The topological polar surface area (TPSA) is 43.3 Å². The van der Waals surface area contributed by atoms with Gasteiger partial charge in [-0.2, -0.15) is 4.40 Å². The van der Waals surface area contributed by atoms with Crippen molar-refractivity contribution in [3.05, 3.63) is 66.5 Å². The summed E-state index contributed by atoms with van der Waals surface area (Å²) in [7, 11) is 0.